The lowest BCUT2D eigenvalue weighted by Gasteiger charge is -2.21. The van der Waals surface area contributed by atoms with Crippen LogP contribution in [-0.4, -0.2) is 23.8 Å². The van der Waals surface area contributed by atoms with Crippen molar-refractivity contribution in [2.45, 2.75) is 18.6 Å². The maximum atomic E-state index is 4.13. The zero-order chi connectivity index (χ0) is 10.3. The fourth-order valence-electron chi connectivity index (χ4n) is 1.88. The predicted octanol–water partition coefficient (Wildman–Crippen LogP) is 2.74. The first-order valence-corrected chi connectivity index (χ1v) is 6.78. The molecule has 1 aliphatic rings. The van der Waals surface area contributed by atoms with Crippen molar-refractivity contribution in [3.05, 3.63) is 30.1 Å². The maximum absolute atomic E-state index is 4.13. The second kappa shape index (κ2) is 7.93. The molecule has 0 atom stereocenters. The molecule has 4 heteroatoms. The average Bonchev–Trinajstić information content (AvgIpc) is 2.32. The van der Waals surface area contributed by atoms with E-state index in [-0.39, 0.29) is 12.4 Å². The van der Waals surface area contributed by atoms with Crippen LogP contribution in [0.25, 0.3) is 0 Å². The van der Waals surface area contributed by atoms with Gasteiger partial charge in [0.1, 0.15) is 0 Å². The summed E-state index contributed by atoms with van der Waals surface area (Å²) in [5.74, 6) is 3.34. The van der Waals surface area contributed by atoms with Gasteiger partial charge in [-0.2, -0.15) is 11.8 Å². The number of hydrogen-bond acceptors (Lipinski definition) is 3. The van der Waals surface area contributed by atoms with Crippen LogP contribution in [0.5, 0.6) is 0 Å². The highest BCUT2D eigenvalue weighted by atomic mass is 35.5. The fourth-order valence-corrected chi connectivity index (χ4v) is 3.07. The number of pyridine rings is 1. The Bertz CT molecular complexity index is 276. The average molecular weight is 259 g/mol. The van der Waals surface area contributed by atoms with Crippen molar-refractivity contribution in [1.82, 2.24) is 10.3 Å². The van der Waals surface area contributed by atoms with Crippen LogP contribution in [0.15, 0.2) is 24.5 Å². The van der Waals surface area contributed by atoms with Gasteiger partial charge in [-0.05, 0) is 49.2 Å². The Kier molecular flexibility index (Phi) is 6.85. The monoisotopic (exact) mass is 258 g/mol. The Morgan fingerprint density at radius 3 is 2.88 bits per heavy atom. The van der Waals surface area contributed by atoms with E-state index in [4.69, 9.17) is 0 Å². The Balaban J connectivity index is 0.00000128. The van der Waals surface area contributed by atoms with Gasteiger partial charge in [0.15, 0.2) is 0 Å². The van der Waals surface area contributed by atoms with Gasteiger partial charge in [-0.25, -0.2) is 0 Å². The molecule has 0 spiro atoms. The van der Waals surface area contributed by atoms with Crippen LogP contribution in [0.4, 0.5) is 0 Å². The molecule has 1 aromatic heterocycles. The smallest absolute Gasteiger partial charge is 0.0308 e. The van der Waals surface area contributed by atoms with Crippen LogP contribution in [0.2, 0.25) is 0 Å². The third-order valence-electron chi connectivity index (χ3n) is 2.80. The van der Waals surface area contributed by atoms with Crippen LogP contribution in [0, 0.1) is 5.92 Å². The number of nitrogens with zero attached hydrogens (tertiary/aromatic N) is 1. The van der Waals surface area contributed by atoms with E-state index in [1.165, 1.54) is 37.2 Å². The third-order valence-corrected chi connectivity index (χ3v) is 4.05. The van der Waals surface area contributed by atoms with Gasteiger partial charge in [0.05, 0.1) is 0 Å². The molecule has 0 bridgehead atoms. The summed E-state index contributed by atoms with van der Waals surface area (Å²) in [5.41, 5.74) is 1.34. The molecule has 1 aromatic rings. The number of nitrogens with one attached hydrogen (secondary N) is 1. The van der Waals surface area contributed by atoms with Gasteiger partial charge in [-0.1, -0.05) is 6.07 Å². The Labute approximate surface area is 108 Å². The van der Waals surface area contributed by atoms with Gasteiger partial charge in [0.2, 0.25) is 0 Å². The number of halogens is 1. The van der Waals surface area contributed by atoms with Gasteiger partial charge in [0, 0.05) is 18.1 Å². The van der Waals surface area contributed by atoms with Crippen molar-refractivity contribution in [2.75, 3.05) is 18.8 Å². The molecule has 0 unspecified atom stereocenters. The molecule has 2 heterocycles. The van der Waals surface area contributed by atoms with Crippen LogP contribution < -0.4 is 5.32 Å². The van der Waals surface area contributed by atoms with E-state index < -0.39 is 0 Å². The number of aromatic nitrogens is 1. The lowest BCUT2D eigenvalue weighted by atomic mass is 10.0. The van der Waals surface area contributed by atoms with E-state index in [1.807, 2.05) is 30.2 Å². The molecule has 1 N–H and O–H groups in total. The number of piperidine rings is 1. The zero-order valence-electron chi connectivity index (χ0n) is 9.39. The summed E-state index contributed by atoms with van der Waals surface area (Å²) in [7, 11) is 0. The van der Waals surface area contributed by atoms with Crippen molar-refractivity contribution in [2.24, 2.45) is 5.92 Å². The fraction of sp³-hybridized carbons (Fsp3) is 0.583. The van der Waals surface area contributed by atoms with Gasteiger partial charge < -0.3 is 5.32 Å². The van der Waals surface area contributed by atoms with E-state index >= 15 is 0 Å². The Morgan fingerprint density at radius 1 is 1.38 bits per heavy atom. The first-order chi connectivity index (χ1) is 7.45. The van der Waals surface area contributed by atoms with E-state index in [1.54, 1.807) is 0 Å². The summed E-state index contributed by atoms with van der Waals surface area (Å²) in [6, 6.07) is 4.17. The SMILES string of the molecule is Cl.c1cncc(CSCC2CCNCC2)c1. The van der Waals surface area contributed by atoms with E-state index in [2.05, 4.69) is 16.4 Å². The van der Waals surface area contributed by atoms with Crippen LogP contribution in [0.3, 0.4) is 0 Å². The Morgan fingerprint density at radius 2 is 2.19 bits per heavy atom. The summed E-state index contributed by atoms with van der Waals surface area (Å²) in [5, 5.41) is 3.40. The van der Waals surface area contributed by atoms with Crippen LogP contribution >= 0.6 is 24.2 Å². The molecule has 1 aliphatic heterocycles. The highest BCUT2D eigenvalue weighted by Gasteiger charge is 2.12. The minimum absolute atomic E-state index is 0. The summed E-state index contributed by atoms with van der Waals surface area (Å²) in [4.78, 5) is 4.13. The summed E-state index contributed by atoms with van der Waals surface area (Å²) in [6.07, 6.45) is 6.50. The molecule has 0 radical (unpaired) electrons. The Hall–Kier alpha value is -0.250. The third kappa shape index (κ3) is 4.73. The van der Waals surface area contributed by atoms with Gasteiger partial charge >= 0.3 is 0 Å². The molecular formula is C12H19ClN2S. The molecule has 0 aliphatic carbocycles. The number of rotatable bonds is 4. The first-order valence-electron chi connectivity index (χ1n) is 5.62. The first kappa shape index (κ1) is 13.8. The summed E-state index contributed by atoms with van der Waals surface area (Å²) >= 11 is 2.05. The number of thioether (sulfide) groups is 1. The quantitative estimate of drug-likeness (QED) is 0.899. The molecule has 0 aromatic carbocycles. The minimum Gasteiger partial charge on any atom is -0.317 e. The zero-order valence-corrected chi connectivity index (χ0v) is 11.0. The molecular weight excluding hydrogens is 240 g/mol. The van der Waals surface area contributed by atoms with E-state index in [9.17, 15) is 0 Å². The summed E-state index contributed by atoms with van der Waals surface area (Å²) in [6.45, 7) is 2.41. The molecule has 16 heavy (non-hydrogen) atoms. The molecule has 90 valence electrons. The normalized spacial score (nSPS) is 16.8. The predicted molar refractivity (Wildman–Crippen MR) is 73.2 cm³/mol. The van der Waals surface area contributed by atoms with Crippen LogP contribution in [-0.2, 0) is 5.75 Å². The second-order valence-electron chi connectivity index (χ2n) is 4.07. The highest BCUT2D eigenvalue weighted by molar-refractivity contribution is 7.98. The molecule has 2 nitrogen and oxygen atoms in total. The molecule has 0 amide bonds. The second-order valence-corrected chi connectivity index (χ2v) is 5.10. The van der Waals surface area contributed by atoms with Crippen molar-refractivity contribution >= 4 is 24.2 Å². The van der Waals surface area contributed by atoms with E-state index in [0.717, 1.165) is 11.7 Å². The highest BCUT2D eigenvalue weighted by Crippen LogP contribution is 2.20. The molecule has 1 fully saturated rings. The maximum Gasteiger partial charge on any atom is 0.0308 e. The van der Waals surface area contributed by atoms with Gasteiger partial charge in [-0.3, -0.25) is 4.98 Å². The largest absolute Gasteiger partial charge is 0.317 e. The van der Waals surface area contributed by atoms with Crippen molar-refractivity contribution in [3.63, 3.8) is 0 Å². The molecule has 0 saturated carbocycles. The lowest BCUT2D eigenvalue weighted by Crippen LogP contribution is -2.28. The topological polar surface area (TPSA) is 24.9 Å². The number of hydrogen-bond donors (Lipinski definition) is 1. The summed E-state index contributed by atoms with van der Waals surface area (Å²) < 4.78 is 0. The van der Waals surface area contributed by atoms with Gasteiger partial charge in [-0.15, -0.1) is 12.4 Å². The van der Waals surface area contributed by atoms with Gasteiger partial charge in [0.25, 0.3) is 0 Å². The lowest BCUT2D eigenvalue weighted by molar-refractivity contribution is 0.408. The van der Waals surface area contributed by atoms with E-state index in [0.29, 0.717) is 0 Å². The van der Waals surface area contributed by atoms with Crippen molar-refractivity contribution in [1.29, 1.82) is 0 Å². The van der Waals surface area contributed by atoms with Crippen molar-refractivity contribution < 1.29 is 0 Å². The molecule has 2 rings (SSSR count). The van der Waals surface area contributed by atoms with Crippen LogP contribution in [0.1, 0.15) is 18.4 Å². The minimum atomic E-state index is 0. The van der Waals surface area contributed by atoms with Crippen molar-refractivity contribution in [3.8, 4) is 0 Å². The standard InChI is InChI=1S/C12H18N2S.ClH/c1-2-12(8-14-5-1)10-15-9-11-3-6-13-7-4-11;/h1-2,5,8,11,13H,3-4,6-7,9-10H2;1H. The molecule has 1 saturated heterocycles.